The highest BCUT2D eigenvalue weighted by Gasteiger charge is 2.13. The number of benzene rings is 1. The molecule has 0 spiro atoms. The zero-order valence-corrected chi connectivity index (χ0v) is 8.58. The van der Waals surface area contributed by atoms with E-state index in [1.165, 1.54) is 12.1 Å². The predicted octanol–water partition coefficient (Wildman–Crippen LogP) is 2.36. The van der Waals surface area contributed by atoms with E-state index in [4.69, 9.17) is 10.7 Å². The first kappa shape index (κ1) is 11.4. The number of hydrogen-bond donors (Lipinski definition) is 0. The molecule has 0 atom stereocenters. The summed E-state index contributed by atoms with van der Waals surface area (Å²) in [4.78, 5) is 0. The van der Waals surface area contributed by atoms with Gasteiger partial charge in [0.15, 0.2) is 0 Å². The zero-order valence-electron chi connectivity index (χ0n) is 7.00. The Morgan fingerprint density at radius 1 is 1.36 bits per heavy atom. The second-order valence-corrected chi connectivity index (χ2v) is 5.47. The molecule has 0 fully saturated rings. The number of alkyl halides is 1. The summed E-state index contributed by atoms with van der Waals surface area (Å²) in [5.41, 5.74) is -0.195. The number of rotatable bonds is 3. The van der Waals surface area contributed by atoms with Crippen molar-refractivity contribution in [2.75, 3.05) is 0 Å². The van der Waals surface area contributed by atoms with Crippen LogP contribution in [0.1, 0.15) is 11.1 Å². The average molecular weight is 241 g/mol. The van der Waals surface area contributed by atoms with Gasteiger partial charge in [0.1, 0.15) is 12.5 Å². The van der Waals surface area contributed by atoms with Crippen LogP contribution in [0, 0.1) is 5.82 Å². The maximum atomic E-state index is 12.9. The van der Waals surface area contributed by atoms with Crippen molar-refractivity contribution in [3.63, 3.8) is 0 Å². The molecular formula is C8H7ClF2O2S. The summed E-state index contributed by atoms with van der Waals surface area (Å²) in [6, 6.07) is 3.71. The van der Waals surface area contributed by atoms with Gasteiger partial charge in [0, 0.05) is 16.2 Å². The molecule has 0 aliphatic heterocycles. The van der Waals surface area contributed by atoms with Crippen LogP contribution in [0.25, 0.3) is 0 Å². The van der Waals surface area contributed by atoms with E-state index in [2.05, 4.69) is 0 Å². The molecule has 0 heterocycles. The molecule has 14 heavy (non-hydrogen) atoms. The van der Waals surface area contributed by atoms with Gasteiger partial charge in [-0.15, -0.1) is 0 Å². The van der Waals surface area contributed by atoms with Gasteiger partial charge in [-0.2, -0.15) is 0 Å². The third kappa shape index (κ3) is 2.92. The van der Waals surface area contributed by atoms with Gasteiger partial charge >= 0.3 is 0 Å². The SMILES string of the molecule is O=S(=O)(Cl)Cc1cccc(F)c1CF. The fourth-order valence-electron chi connectivity index (χ4n) is 1.07. The second kappa shape index (κ2) is 4.23. The largest absolute Gasteiger partial charge is 0.246 e. The van der Waals surface area contributed by atoms with Crippen molar-refractivity contribution in [2.45, 2.75) is 12.4 Å². The van der Waals surface area contributed by atoms with Crippen molar-refractivity contribution in [1.82, 2.24) is 0 Å². The lowest BCUT2D eigenvalue weighted by molar-refractivity contribution is 0.461. The van der Waals surface area contributed by atoms with Gasteiger partial charge < -0.3 is 0 Å². The van der Waals surface area contributed by atoms with Crippen LogP contribution in [-0.4, -0.2) is 8.42 Å². The first-order chi connectivity index (χ1) is 6.44. The molecule has 1 aromatic rings. The molecule has 0 aliphatic carbocycles. The van der Waals surface area contributed by atoms with Crippen molar-refractivity contribution < 1.29 is 17.2 Å². The van der Waals surface area contributed by atoms with E-state index in [1.54, 1.807) is 0 Å². The molecule has 0 aliphatic rings. The fourth-order valence-corrected chi connectivity index (χ4v) is 2.07. The van der Waals surface area contributed by atoms with Crippen LogP contribution in [0.2, 0.25) is 0 Å². The van der Waals surface area contributed by atoms with Gasteiger partial charge in [-0.25, -0.2) is 17.2 Å². The van der Waals surface area contributed by atoms with E-state index in [1.807, 2.05) is 0 Å². The van der Waals surface area contributed by atoms with Crippen molar-refractivity contribution in [3.8, 4) is 0 Å². The first-order valence-electron chi connectivity index (χ1n) is 3.68. The molecule has 0 saturated heterocycles. The fraction of sp³-hybridized carbons (Fsp3) is 0.250. The van der Waals surface area contributed by atoms with Gasteiger partial charge in [0.05, 0.1) is 5.75 Å². The Morgan fingerprint density at radius 2 is 2.00 bits per heavy atom. The maximum Gasteiger partial charge on any atom is 0.236 e. The Kier molecular flexibility index (Phi) is 3.44. The highest BCUT2D eigenvalue weighted by Crippen LogP contribution is 2.18. The summed E-state index contributed by atoms with van der Waals surface area (Å²) >= 11 is 0. The minimum Gasteiger partial charge on any atom is -0.246 e. The summed E-state index contributed by atoms with van der Waals surface area (Å²) in [7, 11) is 1.19. The van der Waals surface area contributed by atoms with Crippen LogP contribution >= 0.6 is 10.7 Å². The van der Waals surface area contributed by atoms with Crippen LogP contribution < -0.4 is 0 Å². The quantitative estimate of drug-likeness (QED) is 0.760. The van der Waals surface area contributed by atoms with Crippen LogP contribution in [0.3, 0.4) is 0 Å². The van der Waals surface area contributed by atoms with Crippen molar-refractivity contribution in [3.05, 3.63) is 35.1 Å². The van der Waals surface area contributed by atoms with E-state index in [9.17, 15) is 17.2 Å². The van der Waals surface area contributed by atoms with Crippen LogP contribution in [0.5, 0.6) is 0 Å². The summed E-state index contributed by atoms with van der Waals surface area (Å²) in [5.74, 6) is -1.32. The average Bonchev–Trinajstić information content (AvgIpc) is 2.01. The zero-order chi connectivity index (χ0) is 10.8. The molecular weight excluding hydrogens is 234 g/mol. The molecule has 1 rings (SSSR count). The van der Waals surface area contributed by atoms with Gasteiger partial charge in [-0.3, -0.25) is 0 Å². The molecule has 0 aromatic heterocycles. The lowest BCUT2D eigenvalue weighted by Crippen LogP contribution is -2.01. The van der Waals surface area contributed by atoms with Crippen LogP contribution in [0.15, 0.2) is 18.2 Å². The molecule has 0 unspecified atom stereocenters. The molecule has 78 valence electrons. The molecule has 2 nitrogen and oxygen atoms in total. The van der Waals surface area contributed by atoms with Crippen molar-refractivity contribution in [1.29, 1.82) is 0 Å². The van der Waals surface area contributed by atoms with Gasteiger partial charge in [0.25, 0.3) is 0 Å². The number of halogens is 3. The third-order valence-corrected chi connectivity index (χ3v) is 2.66. The molecule has 0 N–H and O–H groups in total. The van der Waals surface area contributed by atoms with E-state index in [-0.39, 0.29) is 11.1 Å². The summed E-state index contributed by atoms with van der Waals surface area (Å²) in [6.07, 6.45) is 0. The smallest absolute Gasteiger partial charge is 0.236 e. The lowest BCUT2D eigenvalue weighted by Gasteiger charge is -2.04. The highest BCUT2D eigenvalue weighted by atomic mass is 35.7. The highest BCUT2D eigenvalue weighted by molar-refractivity contribution is 8.13. The standard InChI is InChI=1S/C8H7ClF2O2S/c9-14(12,13)5-6-2-1-3-8(11)7(6)4-10/h1-3H,4-5H2. The Morgan fingerprint density at radius 3 is 2.50 bits per heavy atom. The van der Waals surface area contributed by atoms with E-state index < -0.39 is 27.3 Å². The molecule has 1 aromatic carbocycles. The predicted molar refractivity (Wildman–Crippen MR) is 49.7 cm³/mol. The Labute approximate surface area is 84.9 Å². The molecule has 6 heteroatoms. The minimum absolute atomic E-state index is 0.0579. The second-order valence-electron chi connectivity index (χ2n) is 2.69. The van der Waals surface area contributed by atoms with E-state index in [0.29, 0.717) is 0 Å². The maximum absolute atomic E-state index is 12.9. The van der Waals surface area contributed by atoms with E-state index in [0.717, 1.165) is 6.07 Å². The molecule has 0 bridgehead atoms. The Balaban J connectivity index is 3.15. The third-order valence-electron chi connectivity index (χ3n) is 1.68. The summed E-state index contributed by atoms with van der Waals surface area (Å²) < 4.78 is 46.7. The molecule has 0 saturated carbocycles. The summed E-state index contributed by atoms with van der Waals surface area (Å²) in [5, 5.41) is 0. The normalized spacial score (nSPS) is 11.6. The molecule has 0 radical (unpaired) electrons. The van der Waals surface area contributed by atoms with Crippen molar-refractivity contribution in [2.24, 2.45) is 0 Å². The Bertz CT molecular complexity index is 431. The summed E-state index contributed by atoms with van der Waals surface area (Å²) in [6.45, 7) is -1.05. The Hall–Kier alpha value is -0.680. The minimum atomic E-state index is -3.79. The van der Waals surface area contributed by atoms with Gasteiger partial charge in [-0.05, 0) is 11.6 Å². The van der Waals surface area contributed by atoms with Crippen LogP contribution in [-0.2, 0) is 21.5 Å². The van der Waals surface area contributed by atoms with Crippen LogP contribution in [0.4, 0.5) is 8.78 Å². The first-order valence-corrected chi connectivity index (χ1v) is 6.16. The van der Waals surface area contributed by atoms with Crippen molar-refractivity contribution >= 4 is 19.7 Å². The monoisotopic (exact) mass is 240 g/mol. The van der Waals surface area contributed by atoms with Gasteiger partial charge in [-0.1, -0.05) is 12.1 Å². The van der Waals surface area contributed by atoms with Gasteiger partial charge in [0.2, 0.25) is 9.05 Å². The molecule has 0 amide bonds. The lowest BCUT2D eigenvalue weighted by atomic mass is 10.1. The topological polar surface area (TPSA) is 34.1 Å². The van der Waals surface area contributed by atoms with E-state index >= 15 is 0 Å². The number of hydrogen-bond acceptors (Lipinski definition) is 2.